The number of piperazine rings is 1. The van der Waals surface area contributed by atoms with Gasteiger partial charge in [0.05, 0.1) is 5.69 Å². The highest BCUT2D eigenvalue weighted by molar-refractivity contribution is 5.47. The summed E-state index contributed by atoms with van der Waals surface area (Å²) in [6.45, 7) is 11.1. The highest BCUT2D eigenvalue weighted by atomic mass is 19.1. The van der Waals surface area contributed by atoms with Gasteiger partial charge in [0, 0.05) is 38.8 Å². The number of para-hydroxylation sites is 1. The van der Waals surface area contributed by atoms with E-state index in [1.807, 2.05) is 12.1 Å². The zero-order valence-electron chi connectivity index (χ0n) is 12.8. The van der Waals surface area contributed by atoms with Gasteiger partial charge in [-0.2, -0.15) is 0 Å². The van der Waals surface area contributed by atoms with E-state index >= 15 is 0 Å². The summed E-state index contributed by atoms with van der Waals surface area (Å²) in [5, 5.41) is 0. The van der Waals surface area contributed by atoms with Crippen molar-refractivity contribution in [2.24, 2.45) is 11.1 Å². The van der Waals surface area contributed by atoms with E-state index in [-0.39, 0.29) is 17.3 Å². The lowest BCUT2D eigenvalue weighted by molar-refractivity contribution is 0.150. The number of anilines is 1. The minimum atomic E-state index is -0.128. The molecular weight excluding hydrogens is 253 g/mol. The lowest BCUT2D eigenvalue weighted by atomic mass is 9.85. The molecule has 1 fully saturated rings. The molecule has 0 aromatic heterocycles. The lowest BCUT2D eigenvalue weighted by Gasteiger charge is -2.41. The van der Waals surface area contributed by atoms with Crippen molar-refractivity contribution in [2.75, 3.05) is 37.6 Å². The van der Waals surface area contributed by atoms with Crippen molar-refractivity contribution in [3.8, 4) is 0 Å². The van der Waals surface area contributed by atoms with Crippen molar-refractivity contribution in [2.45, 2.75) is 26.8 Å². The summed E-state index contributed by atoms with van der Waals surface area (Å²) >= 11 is 0. The summed E-state index contributed by atoms with van der Waals surface area (Å²) in [6, 6.07) is 7.19. The molecule has 0 aliphatic carbocycles. The summed E-state index contributed by atoms with van der Waals surface area (Å²) in [5.41, 5.74) is 6.87. The molecule has 0 bridgehead atoms. The van der Waals surface area contributed by atoms with Crippen molar-refractivity contribution < 1.29 is 4.39 Å². The molecule has 0 radical (unpaired) electrons. The first-order valence-electron chi connectivity index (χ1n) is 7.37. The van der Waals surface area contributed by atoms with Gasteiger partial charge in [-0.3, -0.25) is 4.90 Å². The predicted octanol–water partition coefficient (Wildman–Crippen LogP) is 2.32. The van der Waals surface area contributed by atoms with Gasteiger partial charge in [-0.25, -0.2) is 4.39 Å². The zero-order valence-corrected chi connectivity index (χ0v) is 12.8. The fourth-order valence-electron chi connectivity index (χ4n) is 2.58. The summed E-state index contributed by atoms with van der Waals surface area (Å²) in [6.07, 6.45) is 0. The molecule has 20 heavy (non-hydrogen) atoms. The van der Waals surface area contributed by atoms with E-state index in [0.717, 1.165) is 38.4 Å². The summed E-state index contributed by atoms with van der Waals surface area (Å²) in [7, 11) is 0. The molecule has 0 spiro atoms. The van der Waals surface area contributed by atoms with Gasteiger partial charge in [0.1, 0.15) is 5.82 Å². The second kappa shape index (κ2) is 6.10. The lowest BCUT2D eigenvalue weighted by Crippen LogP contribution is -2.52. The minimum absolute atomic E-state index is 0.111. The van der Waals surface area contributed by atoms with Gasteiger partial charge in [-0.1, -0.05) is 26.0 Å². The number of nitrogens with zero attached hydrogens (tertiary/aromatic N) is 2. The second-order valence-corrected chi connectivity index (χ2v) is 6.49. The van der Waals surface area contributed by atoms with E-state index in [9.17, 15) is 4.39 Å². The van der Waals surface area contributed by atoms with Gasteiger partial charge in [0.2, 0.25) is 0 Å². The van der Waals surface area contributed by atoms with E-state index in [4.69, 9.17) is 5.73 Å². The Bertz CT molecular complexity index is 437. The van der Waals surface area contributed by atoms with Gasteiger partial charge < -0.3 is 10.6 Å². The SMILES string of the molecule is CC(N)C(C)(C)CN1CCN(c2ccccc2F)CC1. The molecule has 1 aliphatic rings. The third-order valence-electron chi connectivity index (χ3n) is 4.43. The van der Waals surface area contributed by atoms with Gasteiger partial charge in [-0.05, 0) is 24.5 Å². The number of nitrogens with two attached hydrogens (primary N) is 1. The fraction of sp³-hybridized carbons (Fsp3) is 0.625. The summed E-state index contributed by atoms with van der Waals surface area (Å²) in [4.78, 5) is 4.56. The smallest absolute Gasteiger partial charge is 0.146 e. The molecule has 1 unspecified atom stereocenters. The summed E-state index contributed by atoms with van der Waals surface area (Å²) in [5.74, 6) is -0.128. The molecule has 1 atom stereocenters. The van der Waals surface area contributed by atoms with Gasteiger partial charge >= 0.3 is 0 Å². The first-order valence-corrected chi connectivity index (χ1v) is 7.37. The molecule has 1 aromatic rings. The average molecular weight is 279 g/mol. The second-order valence-electron chi connectivity index (χ2n) is 6.49. The monoisotopic (exact) mass is 279 g/mol. The van der Waals surface area contributed by atoms with E-state index in [0.29, 0.717) is 0 Å². The Labute approximate surface area is 121 Å². The first-order chi connectivity index (χ1) is 9.40. The topological polar surface area (TPSA) is 32.5 Å². The Kier molecular flexibility index (Phi) is 4.66. The normalized spacial score (nSPS) is 19.1. The Morgan fingerprint density at radius 1 is 1.20 bits per heavy atom. The first kappa shape index (κ1) is 15.3. The van der Waals surface area contributed by atoms with Gasteiger partial charge in [0.15, 0.2) is 0 Å². The molecule has 2 rings (SSSR count). The van der Waals surface area contributed by atoms with E-state index in [1.165, 1.54) is 6.07 Å². The van der Waals surface area contributed by atoms with Crippen LogP contribution in [0.25, 0.3) is 0 Å². The van der Waals surface area contributed by atoms with Gasteiger partial charge in [0.25, 0.3) is 0 Å². The van der Waals surface area contributed by atoms with Crippen molar-refractivity contribution in [3.05, 3.63) is 30.1 Å². The molecule has 0 saturated carbocycles. The maximum Gasteiger partial charge on any atom is 0.146 e. The van der Waals surface area contributed by atoms with Crippen LogP contribution in [0.2, 0.25) is 0 Å². The maximum absolute atomic E-state index is 13.8. The highest BCUT2D eigenvalue weighted by Gasteiger charge is 2.28. The maximum atomic E-state index is 13.8. The number of hydrogen-bond donors (Lipinski definition) is 1. The molecule has 0 amide bonds. The number of hydrogen-bond acceptors (Lipinski definition) is 3. The van der Waals surface area contributed by atoms with E-state index in [1.54, 1.807) is 6.07 Å². The van der Waals surface area contributed by atoms with E-state index < -0.39 is 0 Å². The Hall–Kier alpha value is -1.13. The largest absolute Gasteiger partial charge is 0.367 e. The Morgan fingerprint density at radius 2 is 1.80 bits per heavy atom. The Morgan fingerprint density at radius 3 is 2.35 bits per heavy atom. The van der Waals surface area contributed by atoms with Gasteiger partial charge in [-0.15, -0.1) is 0 Å². The van der Waals surface area contributed by atoms with Crippen molar-refractivity contribution in [3.63, 3.8) is 0 Å². The van der Waals surface area contributed by atoms with Crippen LogP contribution in [0.4, 0.5) is 10.1 Å². The molecular formula is C16H26FN3. The fourth-order valence-corrected chi connectivity index (χ4v) is 2.58. The molecule has 1 heterocycles. The van der Waals surface area contributed by atoms with Crippen LogP contribution in [0.1, 0.15) is 20.8 Å². The molecule has 1 saturated heterocycles. The number of benzene rings is 1. The molecule has 1 aromatic carbocycles. The van der Waals surface area contributed by atoms with Crippen LogP contribution >= 0.6 is 0 Å². The predicted molar refractivity (Wildman–Crippen MR) is 82.5 cm³/mol. The molecule has 2 N–H and O–H groups in total. The summed E-state index contributed by atoms with van der Waals surface area (Å²) < 4.78 is 13.8. The Balaban J connectivity index is 1.92. The number of halogens is 1. The van der Waals surface area contributed by atoms with Crippen LogP contribution in [0.5, 0.6) is 0 Å². The van der Waals surface area contributed by atoms with Crippen LogP contribution in [0.3, 0.4) is 0 Å². The van der Waals surface area contributed by atoms with Crippen LogP contribution in [-0.4, -0.2) is 43.7 Å². The average Bonchev–Trinajstić information content (AvgIpc) is 2.40. The molecule has 3 nitrogen and oxygen atoms in total. The van der Waals surface area contributed by atoms with Crippen LogP contribution in [-0.2, 0) is 0 Å². The highest BCUT2D eigenvalue weighted by Crippen LogP contribution is 2.24. The number of rotatable bonds is 4. The molecule has 1 aliphatic heterocycles. The van der Waals surface area contributed by atoms with Crippen LogP contribution < -0.4 is 10.6 Å². The van der Waals surface area contributed by atoms with Crippen molar-refractivity contribution in [1.29, 1.82) is 0 Å². The molecule has 4 heteroatoms. The van der Waals surface area contributed by atoms with Crippen LogP contribution in [0, 0.1) is 11.2 Å². The zero-order chi connectivity index (χ0) is 14.8. The molecule has 112 valence electrons. The minimum Gasteiger partial charge on any atom is -0.367 e. The quantitative estimate of drug-likeness (QED) is 0.918. The standard InChI is InChI=1S/C16H26FN3/c1-13(18)16(2,3)12-19-8-10-20(11-9-19)15-7-5-4-6-14(15)17/h4-7,13H,8-12,18H2,1-3H3. The van der Waals surface area contributed by atoms with E-state index in [2.05, 4.69) is 30.6 Å². The van der Waals surface area contributed by atoms with Crippen molar-refractivity contribution >= 4 is 5.69 Å². The van der Waals surface area contributed by atoms with Crippen LogP contribution in [0.15, 0.2) is 24.3 Å². The third kappa shape index (κ3) is 3.49. The van der Waals surface area contributed by atoms with Crippen molar-refractivity contribution in [1.82, 2.24) is 4.90 Å². The third-order valence-corrected chi connectivity index (χ3v) is 4.43.